The van der Waals surface area contributed by atoms with E-state index in [1.165, 1.54) is 11.0 Å². The molecule has 1 aromatic rings. The third-order valence-electron chi connectivity index (χ3n) is 3.49. The van der Waals surface area contributed by atoms with Crippen molar-refractivity contribution in [1.29, 1.82) is 0 Å². The Morgan fingerprint density at radius 1 is 1.48 bits per heavy atom. The predicted molar refractivity (Wildman–Crippen MR) is 70.6 cm³/mol. The first-order chi connectivity index (χ1) is 9.86. The topological polar surface area (TPSA) is 67.6 Å². The summed E-state index contributed by atoms with van der Waals surface area (Å²) in [6.45, 7) is 0.850. The largest absolute Gasteiger partial charge is 0.418 e. The molecule has 0 aliphatic carbocycles. The number of nitrogens with one attached hydrogen (secondary N) is 1. The van der Waals surface area contributed by atoms with E-state index >= 15 is 0 Å². The summed E-state index contributed by atoms with van der Waals surface area (Å²) in [5, 5.41) is 0. The fraction of sp³-hybridized carbons (Fsp3) is 0.462. The number of benzene rings is 1. The van der Waals surface area contributed by atoms with Crippen LogP contribution in [-0.4, -0.2) is 37.1 Å². The van der Waals surface area contributed by atoms with Crippen molar-refractivity contribution >= 4 is 11.6 Å². The average Bonchev–Trinajstić information content (AvgIpc) is 2.93. The number of carbonyl (C=O) groups excluding carboxylic acids is 1. The molecule has 5 nitrogen and oxygen atoms in total. The molecule has 1 heterocycles. The van der Waals surface area contributed by atoms with E-state index in [4.69, 9.17) is 10.6 Å². The maximum Gasteiger partial charge on any atom is 0.418 e. The maximum absolute atomic E-state index is 12.9. The summed E-state index contributed by atoms with van der Waals surface area (Å²) >= 11 is 0. The smallest absolute Gasteiger partial charge is 0.380 e. The number of nitrogens with zero attached hydrogens (tertiary/aromatic N) is 1. The lowest BCUT2D eigenvalue weighted by atomic mass is 10.1. The van der Waals surface area contributed by atoms with E-state index in [2.05, 4.69) is 0 Å². The van der Waals surface area contributed by atoms with Crippen LogP contribution in [0.5, 0.6) is 0 Å². The summed E-state index contributed by atoms with van der Waals surface area (Å²) in [5.74, 6) is 4.63. The lowest BCUT2D eigenvalue weighted by Crippen LogP contribution is -2.30. The zero-order valence-electron chi connectivity index (χ0n) is 11.4. The molecule has 1 aromatic carbocycles. The lowest BCUT2D eigenvalue weighted by Gasteiger charge is -2.18. The van der Waals surface area contributed by atoms with Gasteiger partial charge in [-0.15, -0.1) is 0 Å². The Morgan fingerprint density at radius 3 is 2.71 bits per heavy atom. The van der Waals surface area contributed by atoms with Gasteiger partial charge in [0.2, 0.25) is 0 Å². The van der Waals surface area contributed by atoms with Crippen LogP contribution in [0.4, 0.5) is 18.9 Å². The number of anilines is 1. The number of hydrogen-bond acceptors (Lipinski definition) is 4. The van der Waals surface area contributed by atoms with Crippen LogP contribution in [0.2, 0.25) is 0 Å². The van der Waals surface area contributed by atoms with Gasteiger partial charge in [-0.3, -0.25) is 10.6 Å². The second-order valence-corrected chi connectivity index (χ2v) is 4.80. The van der Waals surface area contributed by atoms with Gasteiger partial charge in [-0.05, 0) is 24.6 Å². The summed E-state index contributed by atoms with van der Waals surface area (Å²) in [6.07, 6.45) is -3.98. The van der Waals surface area contributed by atoms with E-state index in [-0.39, 0.29) is 17.4 Å². The normalized spacial score (nSPS) is 18.9. The van der Waals surface area contributed by atoms with Crippen LogP contribution in [0.15, 0.2) is 18.2 Å². The van der Waals surface area contributed by atoms with Crippen molar-refractivity contribution in [1.82, 2.24) is 4.90 Å². The molecule has 0 radical (unpaired) electrons. The molecule has 8 heteroatoms. The standard InChI is InChI=1S/C13H16F3N3O2/c1-21-9-4-5-19(7-9)12(20)8-2-3-11(18-17)10(6-8)13(14,15)16/h2-3,6,9,18H,4-5,7,17H2,1H3. The van der Waals surface area contributed by atoms with Gasteiger partial charge in [0.15, 0.2) is 0 Å². The van der Waals surface area contributed by atoms with Gasteiger partial charge < -0.3 is 15.1 Å². The minimum atomic E-state index is -4.59. The van der Waals surface area contributed by atoms with E-state index in [0.717, 1.165) is 12.1 Å². The molecular formula is C13H16F3N3O2. The minimum Gasteiger partial charge on any atom is -0.380 e. The summed E-state index contributed by atoms with van der Waals surface area (Å²) < 4.78 is 43.9. The molecule has 1 atom stereocenters. The minimum absolute atomic E-state index is 0.0157. The third-order valence-corrected chi connectivity index (χ3v) is 3.49. The molecule has 2 rings (SSSR count). The van der Waals surface area contributed by atoms with E-state index in [1.807, 2.05) is 5.43 Å². The van der Waals surface area contributed by atoms with Crippen molar-refractivity contribution < 1.29 is 22.7 Å². The first-order valence-electron chi connectivity index (χ1n) is 6.36. The molecule has 21 heavy (non-hydrogen) atoms. The zero-order valence-corrected chi connectivity index (χ0v) is 11.4. The van der Waals surface area contributed by atoms with Crippen LogP contribution in [0.3, 0.4) is 0 Å². The highest BCUT2D eigenvalue weighted by molar-refractivity contribution is 5.95. The monoisotopic (exact) mass is 303 g/mol. The molecule has 1 aliphatic heterocycles. The molecule has 0 spiro atoms. The molecule has 1 fully saturated rings. The molecule has 1 amide bonds. The molecular weight excluding hydrogens is 287 g/mol. The molecule has 0 aromatic heterocycles. The quantitative estimate of drug-likeness (QED) is 0.660. The number of likely N-dealkylation sites (tertiary alicyclic amines) is 1. The Bertz CT molecular complexity index is 534. The van der Waals surface area contributed by atoms with Gasteiger partial charge >= 0.3 is 6.18 Å². The van der Waals surface area contributed by atoms with Crippen LogP contribution in [0.25, 0.3) is 0 Å². The molecule has 1 saturated heterocycles. The van der Waals surface area contributed by atoms with Gasteiger partial charge in [-0.25, -0.2) is 0 Å². The van der Waals surface area contributed by atoms with Crippen molar-refractivity contribution in [2.45, 2.75) is 18.7 Å². The van der Waals surface area contributed by atoms with Gasteiger partial charge in [-0.1, -0.05) is 0 Å². The lowest BCUT2D eigenvalue weighted by molar-refractivity contribution is -0.137. The number of hydrogen-bond donors (Lipinski definition) is 2. The number of carbonyl (C=O) groups is 1. The summed E-state index contributed by atoms with van der Waals surface area (Å²) in [5.41, 5.74) is 0.745. The Labute approximate surface area is 119 Å². The van der Waals surface area contributed by atoms with E-state index in [1.54, 1.807) is 7.11 Å². The van der Waals surface area contributed by atoms with Crippen molar-refractivity contribution in [2.75, 3.05) is 25.6 Å². The second kappa shape index (κ2) is 5.90. The van der Waals surface area contributed by atoms with Crippen LogP contribution in [0, 0.1) is 0 Å². The number of halogens is 3. The number of amides is 1. The van der Waals surface area contributed by atoms with Crippen LogP contribution >= 0.6 is 0 Å². The van der Waals surface area contributed by atoms with Gasteiger partial charge in [0.05, 0.1) is 17.4 Å². The third kappa shape index (κ3) is 3.27. The van der Waals surface area contributed by atoms with Crippen LogP contribution in [0.1, 0.15) is 22.3 Å². The van der Waals surface area contributed by atoms with Crippen molar-refractivity contribution in [2.24, 2.45) is 5.84 Å². The SMILES string of the molecule is COC1CCN(C(=O)c2ccc(NN)c(C(F)(F)F)c2)C1. The molecule has 1 aliphatic rings. The second-order valence-electron chi connectivity index (χ2n) is 4.80. The number of alkyl halides is 3. The Hall–Kier alpha value is -1.80. The van der Waals surface area contributed by atoms with Crippen molar-refractivity contribution in [3.05, 3.63) is 29.3 Å². The average molecular weight is 303 g/mol. The highest BCUT2D eigenvalue weighted by atomic mass is 19.4. The molecule has 3 N–H and O–H groups in total. The number of nitrogens with two attached hydrogens (primary N) is 1. The number of rotatable bonds is 3. The van der Waals surface area contributed by atoms with Crippen molar-refractivity contribution in [3.8, 4) is 0 Å². The summed E-state index contributed by atoms with van der Waals surface area (Å²) in [6, 6.07) is 3.30. The first-order valence-corrected chi connectivity index (χ1v) is 6.36. The summed E-state index contributed by atoms with van der Waals surface area (Å²) in [7, 11) is 1.54. The van der Waals surface area contributed by atoms with Gasteiger partial charge in [-0.2, -0.15) is 13.2 Å². The summed E-state index contributed by atoms with van der Waals surface area (Å²) in [4.78, 5) is 13.7. The molecule has 116 valence electrons. The van der Waals surface area contributed by atoms with Crippen LogP contribution in [-0.2, 0) is 10.9 Å². The fourth-order valence-corrected chi connectivity index (χ4v) is 2.33. The van der Waals surface area contributed by atoms with Crippen LogP contribution < -0.4 is 11.3 Å². The highest BCUT2D eigenvalue weighted by Gasteiger charge is 2.35. The molecule has 0 bridgehead atoms. The Kier molecular flexibility index (Phi) is 4.38. The highest BCUT2D eigenvalue weighted by Crippen LogP contribution is 2.35. The van der Waals surface area contributed by atoms with Gasteiger partial charge in [0.25, 0.3) is 5.91 Å². The predicted octanol–water partition coefficient (Wildman–Crippen LogP) is 1.85. The van der Waals surface area contributed by atoms with Gasteiger partial charge in [0, 0.05) is 25.8 Å². The number of ether oxygens (including phenoxy) is 1. The number of methoxy groups -OCH3 is 1. The zero-order chi connectivity index (χ0) is 15.6. The van der Waals surface area contributed by atoms with E-state index in [0.29, 0.717) is 19.5 Å². The van der Waals surface area contributed by atoms with E-state index < -0.39 is 17.6 Å². The van der Waals surface area contributed by atoms with Crippen molar-refractivity contribution in [3.63, 3.8) is 0 Å². The number of nitrogen functional groups attached to an aromatic ring is 1. The number of hydrazine groups is 1. The fourth-order valence-electron chi connectivity index (χ4n) is 2.33. The Balaban J connectivity index is 2.26. The first kappa shape index (κ1) is 15.6. The van der Waals surface area contributed by atoms with E-state index in [9.17, 15) is 18.0 Å². The Morgan fingerprint density at radius 2 is 2.19 bits per heavy atom. The molecule has 0 saturated carbocycles. The molecule has 1 unspecified atom stereocenters. The maximum atomic E-state index is 12.9. The van der Waals surface area contributed by atoms with Gasteiger partial charge in [0.1, 0.15) is 0 Å².